The molecule has 4 heteroatoms. The Bertz CT molecular complexity index is 420. The Kier molecular flexibility index (Phi) is 5.82. The number of nitrogens with zero attached hydrogens (tertiary/aromatic N) is 1. The van der Waals surface area contributed by atoms with Gasteiger partial charge < -0.3 is 5.32 Å². The third kappa shape index (κ3) is 3.51. The van der Waals surface area contributed by atoms with E-state index in [1.807, 2.05) is 13.1 Å². The van der Waals surface area contributed by atoms with Crippen molar-refractivity contribution in [3.63, 3.8) is 0 Å². The molecule has 0 amide bonds. The summed E-state index contributed by atoms with van der Waals surface area (Å²) >= 11 is 5.97. The molecule has 0 spiro atoms. The average molecular weight is 299 g/mol. The molecule has 0 aliphatic carbocycles. The SMILES string of the molecule is CCCN1CCCC(CNC)C1c1ccc(F)c(Cl)c1. The molecule has 1 fully saturated rings. The molecule has 0 radical (unpaired) electrons. The van der Waals surface area contributed by atoms with Gasteiger partial charge in [-0.25, -0.2) is 4.39 Å². The Morgan fingerprint density at radius 2 is 2.25 bits per heavy atom. The fourth-order valence-electron chi connectivity index (χ4n) is 3.34. The summed E-state index contributed by atoms with van der Waals surface area (Å²) in [6.07, 6.45) is 3.58. The van der Waals surface area contributed by atoms with Crippen LogP contribution in [-0.2, 0) is 0 Å². The molecule has 1 aromatic rings. The first-order valence-corrected chi connectivity index (χ1v) is 7.88. The maximum atomic E-state index is 13.4. The Morgan fingerprint density at radius 1 is 1.45 bits per heavy atom. The van der Waals surface area contributed by atoms with Crippen LogP contribution in [0.3, 0.4) is 0 Å². The summed E-state index contributed by atoms with van der Waals surface area (Å²) in [4.78, 5) is 2.52. The first-order chi connectivity index (χ1) is 9.67. The minimum absolute atomic E-state index is 0.229. The monoisotopic (exact) mass is 298 g/mol. The number of nitrogens with one attached hydrogen (secondary N) is 1. The number of rotatable bonds is 5. The smallest absolute Gasteiger partial charge is 0.141 e. The average Bonchev–Trinajstić information content (AvgIpc) is 2.43. The second-order valence-electron chi connectivity index (χ2n) is 5.61. The van der Waals surface area contributed by atoms with Crippen molar-refractivity contribution in [2.75, 3.05) is 26.7 Å². The number of halogens is 2. The van der Waals surface area contributed by atoms with Gasteiger partial charge in [-0.05, 0) is 69.6 Å². The highest BCUT2D eigenvalue weighted by molar-refractivity contribution is 6.30. The number of hydrogen-bond acceptors (Lipinski definition) is 2. The van der Waals surface area contributed by atoms with E-state index in [1.165, 1.54) is 18.9 Å². The van der Waals surface area contributed by atoms with Crippen LogP contribution in [0.5, 0.6) is 0 Å². The highest BCUT2D eigenvalue weighted by Gasteiger charge is 2.31. The van der Waals surface area contributed by atoms with Crippen molar-refractivity contribution >= 4 is 11.6 Å². The van der Waals surface area contributed by atoms with Gasteiger partial charge in [0.2, 0.25) is 0 Å². The lowest BCUT2D eigenvalue weighted by molar-refractivity contribution is 0.0924. The summed E-state index contributed by atoms with van der Waals surface area (Å²) < 4.78 is 13.4. The van der Waals surface area contributed by atoms with Gasteiger partial charge in [0.15, 0.2) is 0 Å². The Hall–Kier alpha value is -0.640. The van der Waals surface area contributed by atoms with Gasteiger partial charge in [-0.15, -0.1) is 0 Å². The van der Waals surface area contributed by atoms with E-state index >= 15 is 0 Å². The molecule has 1 aliphatic heterocycles. The van der Waals surface area contributed by atoms with E-state index in [-0.39, 0.29) is 10.8 Å². The van der Waals surface area contributed by atoms with Crippen molar-refractivity contribution in [3.05, 3.63) is 34.6 Å². The zero-order chi connectivity index (χ0) is 14.5. The van der Waals surface area contributed by atoms with Gasteiger partial charge in [0.25, 0.3) is 0 Å². The maximum absolute atomic E-state index is 13.4. The normalized spacial score (nSPS) is 24.0. The highest BCUT2D eigenvalue weighted by Crippen LogP contribution is 2.37. The maximum Gasteiger partial charge on any atom is 0.141 e. The van der Waals surface area contributed by atoms with E-state index in [4.69, 9.17) is 11.6 Å². The van der Waals surface area contributed by atoms with Crippen molar-refractivity contribution in [1.82, 2.24) is 10.2 Å². The fourth-order valence-corrected chi connectivity index (χ4v) is 3.53. The topological polar surface area (TPSA) is 15.3 Å². The van der Waals surface area contributed by atoms with Crippen LogP contribution in [0.4, 0.5) is 4.39 Å². The van der Waals surface area contributed by atoms with Crippen LogP contribution >= 0.6 is 11.6 Å². The lowest BCUT2D eigenvalue weighted by Gasteiger charge is -2.42. The molecule has 1 aromatic carbocycles. The second-order valence-corrected chi connectivity index (χ2v) is 6.02. The molecule has 0 aromatic heterocycles. The molecule has 2 unspecified atom stereocenters. The Morgan fingerprint density at radius 3 is 2.90 bits per heavy atom. The first kappa shape index (κ1) is 15.7. The molecular weight excluding hydrogens is 275 g/mol. The van der Waals surface area contributed by atoms with Crippen molar-refractivity contribution in [1.29, 1.82) is 0 Å². The lowest BCUT2D eigenvalue weighted by atomic mass is 9.84. The van der Waals surface area contributed by atoms with Crippen molar-refractivity contribution in [2.45, 2.75) is 32.2 Å². The van der Waals surface area contributed by atoms with Crippen LogP contribution in [0.2, 0.25) is 5.02 Å². The van der Waals surface area contributed by atoms with Crippen molar-refractivity contribution < 1.29 is 4.39 Å². The van der Waals surface area contributed by atoms with Crippen LogP contribution in [0.15, 0.2) is 18.2 Å². The zero-order valence-electron chi connectivity index (χ0n) is 12.3. The van der Waals surface area contributed by atoms with Crippen LogP contribution in [0.1, 0.15) is 37.8 Å². The van der Waals surface area contributed by atoms with Gasteiger partial charge in [-0.1, -0.05) is 24.6 Å². The summed E-state index contributed by atoms with van der Waals surface area (Å²) in [5.41, 5.74) is 1.14. The van der Waals surface area contributed by atoms with E-state index in [0.29, 0.717) is 12.0 Å². The van der Waals surface area contributed by atoms with Crippen molar-refractivity contribution in [3.8, 4) is 0 Å². The third-order valence-electron chi connectivity index (χ3n) is 4.12. The van der Waals surface area contributed by atoms with Crippen molar-refractivity contribution in [2.24, 2.45) is 5.92 Å². The summed E-state index contributed by atoms with van der Waals surface area (Å²) in [5.74, 6) is 0.222. The van der Waals surface area contributed by atoms with Gasteiger partial charge in [0, 0.05) is 6.04 Å². The molecule has 1 N–H and O–H groups in total. The predicted octanol–water partition coefficient (Wildman–Crippen LogP) is 3.86. The molecule has 0 bridgehead atoms. The predicted molar refractivity (Wildman–Crippen MR) is 82.7 cm³/mol. The van der Waals surface area contributed by atoms with Gasteiger partial charge in [0.05, 0.1) is 5.02 Å². The van der Waals surface area contributed by atoms with Crippen LogP contribution < -0.4 is 5.32 Å². The fraction of sp³-hybridized carbons (Fsp3) is 0.625. The standard InChI is InChI=1S/C16H24ClFN2/c1-3-8-20-9-4-5-13(11-19-2)16(20)12-6-7-15(18)14(17)10-12/h6-7,10,13,16,19H,3-5,8-9,11H2,1-2H3. The number of likely N-dealkylation sites (tertiary alicyclic amines) is 1. The highest BCUT2D eigenvalue weighted by atomic mass is 35.5. The molecular formula is C16H24ClFN2. The molecule has 2 atom stereocenters. The van der Waals surface area contributed by atoms with E-state index in [2.05, 4.69) is 17.1 Å². The third-order valence-corrected chi connectivity index (χ3v) is 4.41. The number of hydrogen-bond donors (Lipinski definition) is 1. The largest absolute Gasteiger partial charge is 0.319 e. The zero-order valence-corrected chi connectivity index (χ0v) is 13.1. The lowest BCUT2D eigenvalue weighted by Crippen LogP contribution is -2.42. The Labute approximate surface area is 126 Å². The number of piperidine rings is 1. The molecule has 2 rings (SSSR count). The van der Waals surface area contributed by atoms with Crippen LogP contribution in [0.25, 0.3) is 0 Å². The Balaban J connectivity index is 2.29. The quantitative estimate of drug-likeness (QED) is 0.888. The molecule has 112 valence electrons. The van der Waals surface area contributed by atoms with E-state index < -0.39 is 0 Å². The van der Waals surface area contributed by atoms with Gasteiger partial charge >= 0.3 is 0 Å². The van der Waals surface area contributed by atoms with Crippen LogP contribution in [0, 0.1) is 11.7 Å². The second kappa shape index (κ2) is 7.39. The van der Waals surface area contributed by atoms with E-state index in [1.54, 1.807) is 6.07 Å². The molecule has 1 saturated heterocycles. The molecule has 20 heavy (non-hydrogen) atoms. The summed E-state index contributed by atoms with van der Waals surface area (Å²) in [7, 11) is 1.99. The molecule has 1 heterocycles. The van der Waals surface area contributed by atoms with Crippen LogP contribution in [-0.4, -0.2) is 31.6 Å². The van der Waals surface area contributed by atoms with Gasteiger partial charge in [0.1, 0.15) is 5.82 Å². The first-order valence-electron chi connectivity index (χ1n) is 7.51. The molecule has 0 saturated carbocycles. The van der Waals surface area contributed by atoms with Gasteiger partial charge in [-0.3, -0.25) is 4.90 Å². The summed E-state index contributed by atoms with van der Waals surface area (Å²) in [6.45, 7) is 5.39. The van der Waals surface area contributed by atoms with E-state index in [0.717, 1.165) is 31.6 Å². The summed E-state index contributed by atoms with van der Waals surface area (Å²) in [6, 6.07) is 5.53. The number of benzene rings is 1. The minimum Gasteiger partial charge on any atom is -0.319 e. The van der Waals surface area contributed by atoms with Gasteiger partial charge in [-0.2, -0.15) is 0 Å². The molecule has 1 aliphatic rings. The summed E-state index contributed by atoms with van der Waals surface area (Å²) in [5, 5.41) is 3.52. The van der Waals surface area contributed by atoms with E-state index in [9.17, 15) is 4.39 Å². The molecule has 2 nitrogen and oxygen atoms in total. The minimum atomic E-state index is -0.335.